The van der Waals surface area contributed by atoms with Gasteiger partial charge in [-0.15, -0.1) is 0 Å². The van der Waals surface area contributed by atoms with Gasteiger partial charge in [0.05, 0.1) is 18.8 Å². The molecular weight excluding hydrogens is 256 g/mol. The van der Waals surface area contributed by atoms with Crippen molar-refractivity contribution in [1.29, 1.82) is 0 Å². The first-order valence-electron chi connectivity index (χ1n) is 6.83. The first-order chi connectivity index (χ1) is 9.53. The molecule has 2 N–H and O–H groups in total. The van der Waals surface area contributed by atoms with Crippen molar-refractivity contribution in [2.75, 3.05) is 26.4 Å². The number of morpholine rings is 1. The third-order valence-electron chi connectivity index (χ3n) is 3.47. The lowest BCUT2D eigenvalue weighted by Gasteiger charge is -2.42. The standard InChI is InChI=1S/C15H22N2O3/c1-15(2)11-19-8-7-17(15)14(18)10-20-13-5-3-12(9-16)4-6-13/h3-6H,7-11,16H2,1-2H3. The van der Waals surface area contributed by atoms with E-state index in [2.05, 4.69) is 0 Å². The number of nitrogens with two attached hydrogens (primary N) is 1. The Morgan fingerprint density at radius 3 is 2.70 bits per heavy atom. The molecule has 0 radical (unpaired) electrons. The van der Waals surface area contributed by atoms with Crippen molar-refractivity contribution in [3.8, 4) is 5.75 Å². The Hall–Kier alpha value is -1.59. The summed E-state index contributed by atoms with van der Waals surface area (Å²) >= 11 is 0. The van der Waals surface area contributed by atoms with Gasteiger partial charge in [0.1, 0.15) is 5.75 Å². The summed E-state index contributed by atoms with van der Waals surface area (Å²) in [5.41, 5.74) is 6.30. The van der Waals surface area contributed by atoms with E-state index in [-0.39, 0.29) is 18.1 Å². The van der Waals surface area contributed by atoms with Crippen LogP contribution in [-0.4, -0.2) is 42.7 Å². The van der Waals surface area contributed by atoms with Crippen molar-refractivity contribution in [2.24, 2.45) is 5.73 Å². The van der Waals surface area contributed by atoms with E-state index in [1.807, 2.05) is 43.0 Å². The molecule has 110 valence electrons. The second-order valence-electron chi connectivity index (χ2n) is 5.55. The molecule has 1 amide bonds. The summed E-state index contributed by atoms with van der Waals surface area (Å²) in [6.45, 7) is 6.30. The fourth-order valence-corrected chi connectivity index (χ4v) is 2.27. The molecule has 1 aliphatic heterocycles. The molecular formula is C15H22N2O3. The van der Waals surface area contributed by atoms with E-state index >= 15 is 0 Å². The highest BCUT2D eigenvalue weighted by atomic mass is 16.5. The minimum atomic E-state index is -0.276. The lowest BCUT2D eigenvalue weighted by Crippen LogP contribution is -2.56. The summed E-state index contributed by atoms with van der Waals surface area (Å²) in [4.78, 5) is 14.1. The number of benzene rings is 1. The van der Waals surface area contributed by atoms with Gasteiger partial charge < -0.3 is 20.1 Å². The van der Waals surface area contributed by atoms with E-state index in [4.69, 9.17) is 15.2 Å². The van der Waals surface area contributed by atoms with Gasteiger partial charge in [0.25, 0.3) is 5.91 Å². The van der Waals surface area contributed by atoms with Crippen LogP contribution in [0.2, 0.25) is 0 Å². The maximum atomic E-state index is 12.2. The van der Waals surface area contributed by atoms with Crippen LogP contribution in [0.25, 0.3) is 0 Å². The first kappa shape index (κ1) is 14.8. The van der Waals surface area contributed by atoms with Gasteiger partial charge in [-0.2, -0.15) is 0 Å². The van der Waals surface area contributed by atoms with Crippen LogP contribution in [0.15, 0.2) is 24.3 Å². The number of hydrogen-bond acceptors (Lipinski definition) is 4. The fourth-order valence-electron chi connectivity index (χ4n) is 2.27. The normalized spacial score (nSPS) is 17.9. The number of carbonyl (C=O) groups is 1. The molecule has 0 spiro atoms. The van der Waals surface area contributed by atoms with E-state index in [9.17, 15) is 4.79 Å². The van der Waals surface area contributed by atoms with Crippen molar-refractivity contribution >= 4 is 5.91 Å². The number of ether oxygens (including phenoxy) is 2. The van der Waals surface area contributed by atoms with Crippen LogP contribution >= 0.6 is 0 Å². The number of carbonyl (C=O) groups excluding carboxylic acids is 1. The van der Waals surface area contributed by atoms with E-state index in [0.29, 0.717) is 32.1 Å². The van der Waals surface area contributed by atoms with Crippen LogP contribution in [0.4, 0.5) is 0 Å². The van der Waals surface area contributed by atoms with Crippen LogP contribution in [0.1, 0.15) is 19.4 Å². The number of amides is 1. The zero-order chi connectivity index (χ0) is 14.6. The summed E-state index contributed by atoms with van der Waals surface area (Å²) in [5, 5.41) is 0. The Bertz CT molecular complexity index is 457. The van der Waals surface area contributed by atoms with Gasteiger partial charge in [0.2, 0.25) is 0 Å². The molecule has 1 fully saturated rings. The zero-order valence-corrected chi connectivity index (χ0v) is 12.1. The van der Waals surface area contributed by atoms with Gasteiger partial charge in [0, 0.05) is 13.1 Å². The maximum Gasteiger partial charge on any atom is 0.261 e. The molecule has 1 saturated heterocycles. The highest BCUT2D eigenvalue weighted by Gasteiger charge is 2.34. The highest BCUT2D eigenvalue weighted by molar-refractivity contribution is 5.78. The molecule has 20 heavy (non-hydrogen) atoms. The number of rotatable bonds is 4. The second-order valence-corrected chi connectivity index (χ2v) is 5.55. The van der Waals surface area contributed by atoms with Crippen LogP contribution < -0.4 is 10.5 Å². The first-order valence-corrected chi connectivity index (χ1v) is 6.83. The Morgan fingerprint density at radius 2 is 2.10 bits per heavy atom. The third kappa shape index (κ3) is 3.49. The Morgan fingerprint density at radius 1 is 1.40 bits per heavy atom. The van der Waals surface area contributed by atoms with Crippen molar-refractivity contribution < 1.29 is 14.3 Å². The molecule has 2 rings (SSSR count). The predicted octanol–water partition coefficient (Wildman–Crippen LogP) is 1.16. The SMILES string of the molecule is CC1(C)COCCN1C(=O)COc1ccc(CN)cc1. The van der Waals surface area contributed by atoms with Gasteiger partial charge in [-0.25, -0.2) is 0 Å². The molecule has 0 aromatic heterocycles. The van der Waals surface area contributed by atoms with Crippen molar-refractivity contribution in [2.45, 2.75) is 25.9 Å². The molecule has 0 atom stereocenters. The molecule has 0 bridgehead atoms. The Labute approximate surface area is 119 Å². The largest absolute Gasteiger partial charge is 0.484 e. The Kier molecular flexibility index (Phi) is 4.62. The van der Waals surface area contributed by atoms with E-state index in [0.717, 1.165) is 5.56 Å². The lowest BCUT2D eigenvalue weighted by molar-refractivity contribution is -0.148. The minimum absolute atomic E-state index is 0.0128. The molecule has 1 heterocycles. The number of hydrogen-bond donors (Lipinski definition) is 1. The molecule has 0 saturated carbocycles. The maximum absolute atomic E-state index is 12.2. The van der Waals surface area contributed by atoms with Gasteiger partial charge >= 0.3 is 0 Å². The van der Waals surface area contributed by atoms with Gasteiger partial charge in [-0.3, -0.25) is 4.79 Å². The van der Waals surface area contributed by atoms with Gasteiger partial charge in [0.15, 0.2) is 6.61 Å². The second kappa shape index (κ2) is 6.24. The quantitative estimate of drug-likeness (QED) is 0.897. The topological polar surface area (TPSA) is 64.8 Å². The lowest BCUT2D eigenvalue weighted by atomic mass is 10.0. The number of nitrogens with zero attached hydrogens (tertiary/aromatic N) is 1. The molecule has 0 aliphatic carbocycles. The van der Waals surface area contributed by atoms with Crippen LogP contribution in [0.3, 0.4) is 0 Å². The average molecular weight is 278 g/mol. The third-order valence-corrected chi connectivity index (χ3v) is 3.47. The predicted molar refractivity (Wildman–Crippen MR) is 76.4 cm³/mol. The molecule has 1 aliphatic rings. The minimum Gasteiger partial charge on any atom is -0.484 e. The van der Waals surface area contributed by atoms with Crippen molar-refractivity contribution in [3.63, 3.8) is 0 Å². The van der Waals surface area contributed by atoms with Crippen LogP contribution in [0, 0.1) is 0 Å². The Balaban J connectivity index is 1.90. The summed E-state index contributed by atoms with van der Waals surface area (Å²) in [5.74, 6) is 0.669. The fraction of sp³-hybridized carbons (Fsp3) is 0.533. The molecule has 1 aromatic rings. The van der Waals surface area contributed by atoms with Gasteiger partial charge in [-0.1, -0.05) is 12.1 Å². The summed E-state index contributed by atoms with van der Waals surface area (Å²) in [6.07, 6.45) is 0. The van der Waals surface area contributed by atoms with E-state index in [1.54, 1.807) is 0 Å². The van der Waals surface area contributed by atoms with Crippen molar-refractivity contribution in [1.82, 2.24) is 4.90 Å². The molecule has 5 heteroatoms. The summed E-state index contributed by atoms with van der Waals surface area (Å²) in [7, 11) is 0. The molecule has 1 aromatic carbocycles. The average Bonchev–Trinajstić information content (AvgIpc) is 2.45. The zero-order valence-electron chi connectivity index (χ0n) is 12.1. The van der Waals surface area contributed by atoms with E-state index < -0.39 is 0 Å². The van der Waals surface area contributed by atoms with Gasteiger partial charge in [-0.05, 0) is 31.5 Å². The summed E-state index contributed by atoms with van der Waals surface area (Å²) in [6, 6.07) is 7.47. The van der Waals surface area contributed by atoms with Crippen LogP contribution in [-0.2, 0) is 16.1 Å². The monoisotopic (exact) mass is 278 g/mol. The summed E-state index contributed by atoms with van der Waals surface area (Å²) < 4.78 is 10.9. The smallest absolute Gasteiger partial charge is 0.261 e. The van der Waals surface area contributed by atoms with Crippen LogP contribution in [0.5, 0.6) is 5.75 Å². The highest BCUT2D eigenvalue weighted by Crippen LogP contribution is 2.19. The molecule has 5 nitrogen and oxygen atoms in total. The van der Waals surface area contributed by atoms with Crippen molar-refractivity contribution in [3.05, 3.63) is 29.8 Å². The van der Waals surface area contributed by atoms with E-state index in [1.165, 1.54) is 0 Å². The molecule has 0 unspecified atom stereocenters.